The van der Waals surface area contributed by atoms with Crippen LogP contribution in [0.3, 0.4) is 0 Å². The van der Waals surface area contributed by atoms with Crippen LogP contribution in [0.1, 0.15) is 22.6 Å². The van der Waals surface area contributed by atoms with Gasteiger partial charge < -0.3 is 14.9 Å². The first-order valence-electron chi connectivity index (χ1n) is 6.48. The van der Waals surface area contributed by atoms with Crippen molar-refractivity contribution in [3.8, 4) is 0 Å². The topological polar surface area (TPSA) is 92.4 Å². The third-order valence-electron chi connectivity index (χ3n) is 3.08. The lowest BCUT2D eigenvalue weighted by molar-refractivity contribution is -0.136. The molecule has 0 aliphatic heterocycles. The Morgan fingerprint density at radius 1 is 1.29 bits per heavy atom. The average molecular weight is 288 g/mol. The third kappa shape index (κ3) is 3.92. The highest BCUT2D eigenvalue weighted by atomic mass is 16.5. The minimum absolute atomic E-state index is 0.0758. The summed E-state index contributed by atoms with van der Waals surface area (Å²) in [6, 6.07) is 6.79. The maximum atomic E-state index is 12.0. The molecule has 2 N–H and O–H groups in total. The smallest absolute Gasteiger partial charge is 0.307 e. The lowest BCUT2D eigenvalue weighted by Crippen LogP contribution is -2.15. The third-order valence-corrected chi connectivity index (χ3v) is 3.08. The van der Waals surface area contributed by atoms with Gasteiger partial charge in [-0.15, -0.1) is 0 Å². The van der Waals surface area contributed by atoms with Gasteiger partial charge in [0.25, 0.3) is 0 Å². The van der Waals surface area contributed by atoms with Gasteiger partial charge in [-0.05, 0) is 31.5 Å². The van der Waals surface area contributed by atoms with Gasteiger partial charge in [0.05, 0.1) is 18.5 Å². The van der Waals surface area contributed by atoms with Crippen molar-refractivity contribution in [3.05, 3.63) is 46.8 Å². The van der Waals surface area contributed by atoms with Gasteiger partial charge in [-0.1, -0.05) is 17.3 Å². The van der Waals surface area contributed by atoms with E-state index in [1.54, 1.807) is 38.1 Å². The highest BCUT2D eigenvalue weighted by Gasteiger charge is 2.13. The zero-order valence-electron chi connectivity index (χ0n) is 11.8. The molecular formula is C15H16N2O4. The minimum atomic E-state index is -0.908. The van der Waals surface area contributed by atoms with Gasteiger partial charge in [0.15, 0.2) is 0 Å². The summed E-state index contributed by atoms with van der Waals surface area (Å²) in [7, 11) is 0. The van der Waals surface area contributed by atoms with Crippen LogP contribution in [-0.2, 0) is 22.4 Å². The Balaban J connectivity index is 2.04. The van der Waals surface area contributed by atoms with Crippen LogP contribution in [0.4, 0.5) is 5.69 Å². The zero-order chi connectivity index (χ0) is 15.4. The van der Waals surface area contributed by atoms with E-state index in [-0.39, 0.29) is 18.7 Å². The summed E-state index contributed by atoms with van der Waals surface area (Å²) in [5.41, 5.74) is 2.68. The van der Waals surface area contributed by atoms with Crippen LogP contribution in [0.25, 0.3) is 0 Å². The Kier molecular flexibility index (Phi) is 4.37. The second-order valence-corrected chi connectivity index (χ2v) is 4.80. The van der Waals surface area contributed by atoms with Crippen molar-refractivity contribution < 1.29 is 19.2 Å². The normalized spacial score (nSPS) is 10.4. The van der Waals surface area contributed by atoms with E-state index in [1.807, 2.05) is 0 Å². The Morgan fingerprint density at radius 2 is 2.05 bits per heavy atom. The molecule has 0 saturated heterocycles. The Hall–Kier alpha value is -2.63. The van der Waals surface area contributed by atoms with E-state index in [0.29, 0.717) is 22.7 Å². The molecule has 0 bridgehead atoms. The summed E-state index contributed by atoms with van der Waals surface area (Å²) in [5, 5.41) is 15.3. The Morgan fingerprint density at radius 3 is 2.67 bits per heavy atom. The summed E-state index contributed by atoms with van der Waals surface area (Å²) in [6.45, 7) is 3.54. The fraction of sp³-hybridized carbons (Fsp3) is 0.267. The number of benzene rings is 1. The summed E-state index contributed by atoms with van der Waals surface area (Å²) in [6.07, 6.45) is 0.0951. The van der Waals surface area contributed by atoms with Crippen LogP contribution >= 0.6 is 0 Å². The van der Waals surface area contributed by atoms with Crippen molar-refractivity contribution >= 4 is 17.6 Å². The predicted molar refractivity (Wildman–Crippen MR) is 76.1 cm³/mol. The Bertz CT molecular complexity index is 657. The van der Waals surface area contributed by atoms with Crippen molar-refractivity contribution in [1.82, 2.24) is 5.16 Å². The maximum Gasteiger partial charge on any atom is 0.307 e. The van der Waals surface area contributed by atoms with Crippen LogP contribution < -0.4 is 5.32 Å². The number of carboxylic acids is 1. The molecule has 2 aromatic rings. The van der Waals surface area contributed by atoms with Crippen molar-refractivity contribution in [2.75, 3.05) is 5.32 Å². The zero-order valence-corrected chi connectivity index (χ0v) is 11.8. The van der Waals surface area contributed by atoms with Crippen LogP contribution in [-0.4, -0.2) is 22.1 Å². The summed E-state index contributed by atoms with van der Waals surface area (Å²) in [5.74, 6) is -0.478. The van der Waals surface area contributed by atoms with Crippen molar-refractivity contribution in [1.29, 1.82) is 0 Å². The molecule has 0 aliphatic rings. The van der Waals surface area contributed by atoms with Crippen molar-refractivity contribution in [2.24, 2.45) is 0 Å². The number of aryl methyl sites for hydroxylation is 2. The molecule has 0 radical (unpaired) electrons. The fourth-order valence-corrected chi connectivity index (χ4v) is 2.05. The van der Waals surface area contributed by atoms with Gasteiger partial charge in [-0.25, -0.2) is 0 Å². The summed E-state index contributed by atoms with van der Waals surface area (Å²) >= 11 is 0. The number of amides is 1. The number of carboxylic acid groups (broad SMARTS) is 1. The van der Waals surface area contributed by atoms with Gasteiger partial charge in [0.1, 0.15) is 5.76 Å². The molecule has 1 heterocycles. The molecule has 1 amide bonds. The number of carbonyl (C=O) groups excluding carboxylic acids is 1. The number of hydrogen-bond donors (Lipinski definition) is 2. The molecule has 21 heavy (non-hydrogen) atoms. The standard InChI is InChI=1S/C15H16N2O4/c1-9-13(10(2)21-17-9)8-14(18)16-12-5-3-4-11(6-12)7-15(19)20/h3-6H,7-8H2,1-2H3,(H,16,18)(H,19,20). The highest BCUT2D eigenvalue weighted by Crippen LogP contribution is 2.15. The Labute approximate surface area is 121 Å². The molecular weight excluding hydrogens is 272 g/mol. The number of nitrogens with one attached hydrogen (secondary N) is 1. The second-order valence-electron chi connectivity index (χ2n) is 4.80. The van der Waals surface area contributed by atoms with E-state index < -0.39 is 5.97 Å². The van der Waals surface area contributed by atoms with Crippen LogP contribution in [0.5, 0.6) is 0 Å². The molecule has 0 fully saturated rings. The molecule has 2 rings (SSSR count). The number of aromatic nitrogens is 1. The van der Waals surface area contributed by atoms with Gasteiger partial charge in [-0.2, -0.15) is 0 Å². The molecule has 0 aliphatic carbocycles. The number of carbonyl (C=O) groups is 2. The SMILES string of the molecule is Cc1noc(C)c1CC(=O)Nc1cccc(CC(=O)O)c1. The first kappa shape index (κ1) is 14.8. The van der Waals surface area contributed by atoms with Crippen molar-refractivity contribution in [3.63, 3.8) is 0 Å². The largest absolute Gasteiger partial charge is 0.481 e. The lowest BCUT2D eigenvalue weighted by Gasteiger charge is -2.06. The van der Waals surface area contributed by atoms with Crippen LogP contribution in [0.15, 0.2) is 28.8 Å². The number of rotatable bonds is 5. The number of nitrogens with zero attached hydrogens (tertiary/aromatic N) is 1. The monoisotopic (exact) mass is 288 g/mol. The van der Waals surface area contributed by atoms with Crippen LogP contribution in [0, 0.1) is 13.8 Å². The first-order chi connectivity index (χ1) is 9.95. The summed E-state index contributed by atoms with van der Waals surface area (Å²) < 4.78 is 5.01. The van der Waals surface area contributed by atoms with Gasteiger partial charge >= 0.3 is 5.97 Å². The van der Waals surface area contributed by atoms with E-state index in [2.05, 4.69) is 10.5 Å². The number of anilines is 1. The van der Waals surface area contributed by atoms with E-state index in [9.17, 15) is 9.59 Å². The molecule has 110 valence electrons. The van der Waals surface area contributed by atoms with Gasteiger partial charge in [0.2, 0.25) is 5.91 Å². The molecule has 1 aromatic carbocycles. The second kappa shape index (κ2) is 6.21. The highest BCUT2D eigenvalue weighted by molar-refractivity contribution is 5.92. The summed E-state index contributed by atoms with van der Waals surface area (Å²) in [4.78, 5) is 22.7. The molecule has 0 atom stereocenters. The first-order valence-corrected chi connectivity index (χ1v) is 6.48. The lowest BCUT2D eigenvalue weighted by atomic mass is 10.1. The molecule has 1 aromatic heterocycles. The molecule has 0 saturated carbocycles. The van der Waals surface area contributed by atoms with Crippen LogP contribution in [0.2, 0.25) is 0 Å². The van der Waals surface area contributed by atoms with E-state index in [1.165, 1.54) is 0 Å². The fourth-order valence-electron chi connectivity index (χ4n) is 2.05. The van der Waals surface area contributed by atoms with E-state index >= 15 is 0 Å². The molecule has 6 nitrogen and oxygen atoms in total. The average Bonchev–Trinajstić information content (AvgIpc) is 2.70. The molecule has 6 heteroatoms. The van der Waals surface area contributed by atoms with Gasteiger partial charge in [-0.3, -0.25) is 9.59 Å². The van der Waals surface area contributed by atoms with E-state index in [4.69, 9.17) is 9.63 Å². The minimum Gasteiger partial charge on any atom is -0.481 e. The van der Waals surface area contributed by atoms with Crippen molar-refractivity contribution in [2.45, 2.75) is 26.7 Å². The predicted octanol–water partition coefficient (Wildman–Crippen LogP) is 2.10. The number of hydrogen-bond acceptors (Lipinski definition) is 4. The number of aliphatic carboxylic acids is 1. The molecule has 0 spiro atoms. The van der Waals surface area contributed by atoms with Gasteiger partial charge in [0, 0.05) is 11.3 Å². The maximum absolute atomic E-state index is 12.0. The molecule has 0 unspecified atom stereocenters. The quantitative estimate of drug-likeness (QED) is 0.879. The van der Waals surface area contributed by atoms with E-state index in [0.717, 1.165) is 5.56 Å².